The summed E-state index contributed by atoms with van der Waals surface area (Å²) in [6.07, 6.45) is 0.927. The minimum absolute atomic E-state index is 0.248. The molecule has 0 spiro atoms. The Bertz CT molecular complexity index is 724. The van der Waals surface area contributed by atoms with Gasteiger partial charge in [0.05, 0.1) is 16.6 Å². The average molecular weight is 363 g/mol. The van der Waals surface area contributed by atoms with Gasteiger partial charge in [-0.15, -0.1) is 11.3 Å². The first-order valence-electron chi connectivity index (χ1n) is 6.94. The number of halogens is 1. The van der Waals surface area contributed by atoms with Gasteiger partial charge in [-0.05, 0) is 43.5 Å². The molecule has 108 valence electrons. The molecule has 1 atom stereocenters. The van der Waals surface area contributed by atoms with E-state index in [-0.39, 0.29) is 6.04 Å². The van der Waals surface area contributed by atoms with Crippen molar-refractivity contribution < 1.29 is 4.74 Å². The average Bonchev–Trinajstić information content (AvgIpc) is 3.07. The monoisotopic (exact) mass is 362 g/mol. The highest BCUT2D eigenvalue weighted by atomic mass is 79.9. The number of hydrazone groups is 1. The number of hydrogen-bond acceptors (Lipinski definition) is 4. The van der Waals surface area contributed by atoms with Crippen LogP contribution in [0, 0.1) is 0 Å². The van der Waals surface area contributed by atoms with Crippen LogP contribution in [0.5, 0.6) is 5.75 Å². The van der Waals surface area contributed by atoms with Crippen molar-refractivity contribution in [1.29, 1.82) is 0 Å². The maximum Gasteiger partial charge on any atom is 0.192 e. The minimum Gasteiger partial charge on any atom is -0.467 e. The van der Waals surface area contributed by atoms with E-state index < -0.39 is 5.72 Å². The van der Waals surface area contributed by atoms with Gasteiger partial charge in [0, 0.05) is 16.5 Å². The van der Waals surface area contributed by atoms with Crippen LogP contribution in [0.2, 0.25) is 0 Å². The number of hydrogen-bond donors (Lipinski definition) is 0. The van der Waals surface area contributed by atoms with Crippen LogP contribution < -0.4 is 4.74 Å². The second-order valence-electron chi connectivity index (χ2n) is 5.82. The molecule has 5 heteroatoms. The number of rotatable bonds is 1. The summed E-state index contributed by atoms with van der Waals surface area (Å²) >= 11 is 5.30. The first-order chi connectivity index (χ1) is 10.0. The molecule has 0 amide bonds. The lowest BCUT2D eigenvalue weighted by Gasteiger charge is -2.43. The Morgan fingerprint density at radius 1 is 1.38 bits per heavy atom. The van der Waals surface area contributed by atoms with Gasteiger partial charge in [-0.25, -0.2) is 5.01 Å². The van der Waals surface area contributed by atoms with E-state index in [0.717, 1.165) is 22.4 Å². The van der Waals surface area contributed by atoms with Crippen molar-refractivity contribution in [2.24, 2.45) is 5.10 Å². The quantitative estimate of drug-likeness (QED) is 0.728. The van der Waals surface area contributed by atoms with Crippen LogP contribution in [0.15, 0.2) is 45.3 Å². The van der Waals surface area contributed by atoms with Gasteiger partial charge in [0.15, 0.2) is 5.72 Å². The number of fused-ring (bicyclic) bond motifs is 3. The van der Waals surface area contributed by atoms with Crippen molar-refractivity contribution in [3.05, 3.63) is 50.6 Å². The zero-order valence-corrected chi connectivity index (χ0v) is 14.2. The summed E-state index contributed by atoms with van der Waals surface area (Å²) in [6.45, 7) is 4.15. The van der Waals surface area contributed by atoms with Crippen LogP contribution in [0.1, 0.15) is 36.8 Å². The molecular weight excluding hydrogens is 348 g/mol. The summed E-state index contributed by atoms with van der Waals surface area (Å²) in [4.78, 5) is 1.25. The van der Waals surface area contributed by atoms with Crippen molar-refractivity contribution >= 4 is 33.0 Å². The molecule has 21 heavy (non-hydrogen) atoms. The molecule has 2 aromatic rings. The second-order valence-corrected chi connectivity index (χ2v) is 7.68. The molecule has 0 N–H and O–H groups in total. The van der Waals surface area contributed by atoms with Crippen LogP contribution in [0.3, 0.4) is 0 Å². The van der Waals surface area contributed by atoms with Gasteiger partial charge in [0.1, 0.15) is 5.75 Å². The summed E-state index contributed by atoms with van der Waals surface area (Å²) < 4.78 is 7.23. The van der Waals surface area contributed by atoms with E-state index in [1.54, 1.807) is 11.3 Å². The van der Waals surface area contributed by atoms with E-state index in [9.17, 15) is 0 Å². The molecule has 2 aliphatic rings. The molecule has 0 unspecified atom stereocenters. The Hall–Kier alpha value is -1.33. The summed E-state index contributed by atoms with van der Waals surface area (Å²) in [5.74, 6) is 0.965. The Balaban J connectivity index is 1.80. The normalized spacial score (nSPS) is 22.3. The second kappa shape index (κ2) is 4.58. The molecule has 0 radical (unpaired) electrons. The van der Waals surface area contributed by atoms with E-state index >= 15 is 0 Å². The molecule has 3 heterocycles. The van der Waals surface area contributed by atoms with Gasteiger partial charge in [-0.1, -0.05) is 22.0 Å². The maximum atomic E-state index is 6.16. The first kappa shape index (κ1) is 13.3. The third-order valence-electron chi connectivity index (χ3n) is 3.96. The highest BCUT2D eigenvalue weighted by molar-refractivity contribution is 9.10. The first-order valence-corrected chi connectivity index (χ1v) is 8.61. The van der Waals surface area contributed by atoms with E-state index in [0.29, 0.717) is 0 Å². The van der Waals surface area contributed by atoms with Crippen LogP contribution in [0.4, 0.5) is 0 Å². The van der Waals surface area contributed by atoms with Crippen LogP contribution in [0.25, 0.3) is 0 Å². The smallest absolute Gasteiger partial charge is 0.192 e. The zero-order valence-electron chi connectivity index (χ0n) is 11.8. The number of nitrogens with zero attached hydrogens (tertiary/aromatic N) is 2. The molecule has 1 aromatic heterocycles. The predicted molar refractivity (Wildman–Crippen MR) is 88.9 cm³/mol. The molecular formula is C16H15BrN2OS. The van der Waals surface area contributed by atoms with E-state index in [4.69, 9.17) is 9.84 Å². The van der Waals surface area contributed by atoms with Gasteiger partial charge in [0.2, 0.25) is 0 Å². The molecule has 0 fully saturated rings. The Labute approximate surface area is 136 Å². The van der Waals surface area contributed by atoms with Gasteiger partial charge in [-0.3, -0.25) is 0 Å². The van der Waals surface area contributed by atoms with E-state index in [1.807, 2.05) is 12.1 Å². The van der Waals surface area contributed by atoms with Gasteiger partial charge in [0.25, 0.3) is 0 Å². The third-order valence-corrected chi connectivity index (χ3v) is 5.37. The van der Waals surface area contributed by atoms with Crippen molar-refractivity contribution in [3.8, 4) is 5.75 Å². The molecule has 0 saturated heterocycles. The van der Waals surface area contributed by atoms with Crippen LogP contribution in [-0.2, 0) is 0 Å². The van der Waals surface area contributed by atoms with E-state index in [2.05, 4.69) is 58.4 Å². The van der Waals surface area contributed by atoms with Gasteiger partial charge < -0.3 is 4.74 Å². The SMILES string of the molecule is CC1(C)Oc2ccc(Br)cc2[C@@H]2CC(c3cccs3)=NN21. The van der Waals surface area contributed by atoms with Crippen molar-refractivity contribution in [3.63, 3.8) is 0 Å². The molecule has 1 aromatic carbocycles. The molecule has 0 bridgehead atoms. The zero-order chi connectivity index (χ0) is 14.6. The fourth-order valence-electron chi connectivity index (χ4n) is 3.03. The molecule has 0 aliphatic carbocycles. The standard InChI is InChI=1S/C16H15BrN2OS/c1-16(2)19-13(9-12(18-19)15-4-3-7-21-15)11-8-10(17)5-6-14(11)20-16/h3-8,13H,9H2,1-2H3/t13-/m0/s1. The lowest BCUT2D eigenvalue weighted by atomic mass is 9.97. The highest BCUT2D eigenvalue weighted by Gasteiger charge is 2.44. The largest absolute Gasteiger partial charge is 0.467 e. The number of benzene rings is 1. The van der Waals surface area contributed by atoms with Gasteiger partial charge >= 0.3 is 0 Å². The van der Waals surface area contributed by atoms with Crippen LogP contribution >= 0.6 is 27.3 Å². The number of ether oxygens (including phenoxy) is 1. The molecule has 3 nitrogen and oxygen atoms in total. The fourth-order valence-corrected chi connectivity index (χ4v) is 4.13. The lowest BCUT2D eigenvalue weighted by Crippen LogP contribution is -2.48. The Morgan fingerprint density at radius 2 is 2.24 bits per heavy atom. The Kier molecular flexibility index (Phi) is 2.91. The summed E-state index contributed by atoms with van der Waals surface area (Å²) in [5.41, 5.74) is 1.93. The minimum atomic E-state index is -0.426. The summed E-state index contributed by atoms with van der Waals surface area (Å²) in [6, 6.07) is 10.7. The molecule has 0 saturated carbocycles. The van der Waals surface area contributed by atoms with Crippen LogP contribution in [-0.4, -0.2) is 16.4 Å². The molecule has 2 aliphatic heterocycles. The predicted octanol–water partition coefficient (Wildman–Crippen LogP) is 4.79. The van der Waals surface area contributed by atoms with Gasteiger partial charge in [-0.2, -0.15) is 5.10 Å². The van der Waals surface area contributed by atoms with Crippen molar-refractivity contribution in [1.82, 2.24) is 5.01 Å². The highest BCUT2D eigenvalue weighted by Crippen LogP contribution is 2.47. The Morgan fingerprint density at radius 3 is 3.00 bits per heavy atom. The third kappa shape index (κ3) is 2.10. The summed E-state index contributed by atoms with van der Waals surface area (Å²) in [7, 11) is 0. The fraction of sp³-hybridized carbons (Fsp3) is 0.312. The van der Waals surface area contributed by atoms with E-state index in [1.165, 1.54) is 10.4 Å². The summed E-state index contributed by atoms with van der Waals surface area (Å²) in [5, 5.41) is 9.06. The van der Waals surface area contributed by atoms with Crippen molar-refractivity contribution in [2.75, 3.05) is 0 Å². The van der Waals surface area contributed by atoms with Crippen molar-refractivity contribution in [2.45, 2.75) is 32.0 Å². The maximum absolute atomic E-state index is 6.16. The lowest BCUT2D eigenvalue weighted by molar-refractivity contribution is -0.0911. The topological polar surface area (TPSA) is 24.8 Å². The molecule has 4 rings (SSSR count). The number of thiophene rings is 1.